The second kappa shape index (κ2) is 6.10. The maximum atomic E-state index is 6.15. The average Bonchev–Trinajstić information content (AvgIpc) is 2.40. The summed E-state index contributed by atoms with van der Waals surface area (Å²) in [6.07, 6.45) is 2.41. The zero-order chi connectivity index (χ0) is 13.0. The standard InChI is InChI=1S/C15H25N3/c1-3-17(4-2)11-12-18-10-6-8-13-7-5-9-14(16)15(13)18/h5,7,9H,3-4,6,8,10-12,16H2,1-2H3. The van der Waals surface area contributed by atoms with Crippen molar-refractivity contribution in [2.45, 2.75) is 26.7 Å². The largest absolute Gasteiger partial charge is 0.397 e. The number of para-hydroxylation sites is 1. The van der Waals surface area contributed by atoms with E-state index in [2.05, 4.69) is 35.8 Å². The van der Waals surface area contributed by atoms with Crippen molar-refractivity contribution in [3.63, 3.8) is 0 Å². The molecule has 0 spiro atoms. The molecule has 1 heterocycles. The molecule has 3 heteroatoms. The first-order chi connectivity index (χ1) is 8.76. The normalized spacial score (nSPS) is 14.9. The molecule has 1 aromatic carbocycles. The lowest BCUT2D eigenvalue weighted by Crippen LogP contribution is -2.38. The molecule has 0 atom stereocenters. The fourth-order valence-electron chi connectivity index (χ4n) is 2.80. The van der Waals surface area contributed by atoms with Crippen molar-refractivity contribution in [2.75, 3.05) is 43.4 Å². The van der Waals surface area contributed by atoms with E-state index < -0.39 is 0 Å². The van der Waals surface area contributed by atoms with Crippen molar-refractivity contribution in [1.82, 2.24) is 4.90 Å². The third-order valence-corrected chi connectivity index (χ3v) is 3.92. The maximum Gasteiger partial charge on any atom is 0.0632 e. The number of hydrogen-bond donors (Lipinski definition) is 1. The summed E-state index contributed by atoms with van der Waals surface area (Å²) in [5.41, 5.74) is 9.79. The van der Waals surface area contributed by atoms with E-state index in [9.17, 15) is 0 Å². The van der Waals surface area contributed by atoms with Crippen molar-refractivity contribution >= 4 is 11.4 Å². The Morgan fingerprint density at radius 1 is 1.28 bits per heavy atom. The molecule has 0 saturated heterocycles. The van der Waals surface area contributed by atoms with Gasteiger partial charge in [0.15, 0.2) is 0 Å². The van der Waals surface area contributed by atoms with Gasteiger partial charge in [0.2, 0.25) is 0 Å². The van der Waals surface area contributed by atoms with Crippen LogP contribution in [0.25, 0.3) is 0 Å². The smallest absolute Gasteiger partial charge is 0.0632 e. The van der Waals surface area contributed by atoms with Crippen LogP contribution in [0.5, 0.6) is 0 Å². The summed E-state index contributed by atoms with van der Waals surface area (Å²) >= 11 is 0. The number of likely N-dealkylation sites (N-methyl/N-ethyl adjacent to an activating group) is 1. The van der Waals surface area contributed by atoms with E-state index in [1.165, 1.54) is 24.1 Å². The minimum absolute atomic E-state index is 0.937. The van der Waals surface area contributed by atoms with E-state index in [0.717, 1.165) is 38.4 Å². The van der Waals surface area contributed by atoms with Crippen molar-refractivity contribution < 1.29 is 0 Å². The quantitative estimate of drug-likeness (QED) is 0.811. The number of nitrogens with zero attached hydrogens (tertiary/aromatic N) is 2. The van der Waals surface area contributed by atoms with Crippen LogP contribution in [0, 0.1) is 0 Å². The van der Waals surface area contributed by atoms with Crippen LogP contribution in [0.2, 0.25) is 0 Å². The molecule has 1 aliphatic heterocycles. The van der Waals surface area contributed by atoms with Crippen LogP contribution in [0.1, 0.15) is 25.8 Å². The van der Waals surface area contributed by atoms with Gasteiger partial charge in [0, 0.05) is 19.6 Å². The number of nitrogen functional groups attached to an aromatic ring is 1. The Morgan fingerprint density at radius 2 is 2.06 bits per heavy atom. The van der Waals surface area contributed by atoms with Crippen LogP contribution < -0.4 is 10.6 Å². The van der Waals surface area contributed by atoms with Gasteiger partial charge in [0.25, 0.3) is 0 Å². The zero-order valence-corrected chi connectivity index (χ0v) is 11.7. The molecule has 1 aromatic rings. The second-order valence-electron chi connectivity index (χ2n) is 4.97. The summed E-state index contributed by atoms with van der Waals surface area (Å²) in [7, 11) is 0. The molecule has 0 saturated carbocycles. The second-order valence-corrected chi connectivity index (χ2v) is 4.97. The monoisotopic (exact) mass is 247 g/mol. The molecule has 0 fully saturated rings. The molecule has 3 nitrogen and oxygen atoms in total. The van der Waals surface area contributed by atoms with E-state index in [0.29, 0.717) is 0 Å². The van der Waals surface area contributed by atoms with Crippen LogP contribution in [-0.2, 0) is 6.42 Å². The molecule has 100 valence electrons. The zero-order valence-electron chi connectivity index (χ0n) is 11.7. The Morgan fingerprint density at radius 3 is 2.78 bits per heavy atom. The summed E-state index contributed by atoms with van der Waals surface area (Å²) < 4.78 is 0. The highest BCUT2D eigenvalue weighted by Crippen LogP contribution is 2.32. The van der Waals surface area contributed by atoms with Crippen LogP contribution in [0.3, 0.4) is 0 Å². The summed E-state index contributed by atoms with van der Waals surface area (Å²) in [5, 5.41) is 0. The lowest BCUT2D eigenvalue weighted by atomic mass is 10.0. The molecule has 0 bridgehead atoms. The van der Waals surface area contributed by atoms with Crippen molar-refractivity contribution in [3.05, 3.63) is 23.8 Å². The average molecular weight is 247 g/mol. The Hall–Kier alpha value is -1.22. The molecule has 0 amide bonds. The van der Waals surface area contributed by atoms with Gasteiger partial charge in [-0.25, -0.2) is 0 Å². The first-order valence-electron chi connectivity index (χ1n) is 7.11. The summed E-state index contributed by atoms with van der Waals surface area (Å²) in [4.78, 5) is 4.93. The Kier molecular flexibility index (Phi) is 4.48. The fourth-order valence-corrected chi connectivity index (χ4v) is 2.80. The molecule has 0 radical (unpaired) electrons. The predicted octanol–water partition coefficient (Wildman–Crippen LogP) is 2.36. The number of nitrogens with two attached hydrogens (primary N) is 1. The van der Waals surface area contributed by atoms with E-state index in [1.54, 1.807) is 0 Å². The highest BCUT2D eigenvalue weighted by atomic mass is 15.2. The lowest BCUT2D eigenvalue weighted by Gasteiger charge is -2.34. The van der Waals surface area contributed by atoms with E-state index >= 15 is 0 Å². The van der Waals surface area contributed by atoms with Gasteiger partial charge in [0.1, 0.15) is 0 Å². The van der Waals surface area contributed by atoms with Gasteiger partial charge >= 0.3 is 0 Å². The molecule has 18 heavy (non-hydrogen) atoms. The Labute approximate surface area is 111 Å². The number of fused-ring (bicyclic) bond motifs is 1. The fraction of sp³-hybridized carbons (Fsp3) is 0.600. The van der Waals surface area contributed by atoms with Crippen LogP contribution in [0.4, 0.5) is 11.4 Å². The number of benzene rings is 1. The maximum absolute atomic E-state index is 6.15. The minimum Gasteiger partial charge on any atom is -0.397 e. The topological polar surface area (TPSA) is 32.5 Å². The molecular formula is C15H25N3. The first kappa shape index (κ1) is 13.2. The van der Waals surface area contributed by atoms with Gasteiger partial charge in [-0.2, -0.15) is 0 Å². The van der Waals surface area contributed by atoms with Crippen LogP contribution in [0.15, 0.2) is 18.2 Å². The molecule has 0 aromatic heterocycles. The van der Waals surface area contributed by atoms with Gasteiger partial charge in [-0.05, 0) is 37.6 Å². The number of rotatable bonds is 5. The van der Waals surface area contributed by atoms with Gasteiger partial charge < -0.3 is 15.5 Å². The van der Waals surface area contributed by atoms with E-state index in [1.807, 2.05) is 6.07 Å². The number of aryl methyl sites for hydroxylation is 1. The molecule has 2 N–H and O–H groups in total. The molecule has 0 aliphatic carbocycles. The molecule has 0 unspecified atom stereocenters. The summed E-state index contributed by atoms with van der Waals surface area (Å²) in [6, 6.07) is 6.31. The van der Waals surface area contributed by atoms with Gasteiger partial charge in [0.05, 0.1) is 11.4 Å². The third-order valence-electron chi connectivity index (χ3n) is 3.92. The highest BCUT2D eigenvalue weighted by Gasteiger charge is 2.19. The summed E-state index contributed by atoms with van der Waals surface area (Å²) in [5.74, 6) is 0. The van der Waals surface area contributed by atoms with Crippen LogP contribution >= 0.6 is 0 Å². The number of anilines is 2. The van der Waals surface area contributed by atoms with Crippen molar-refractivity contribution in [3.8, 4) is 0 Å². The Bertz CT molecular complexity index is 385. The van der Waals surface area contributed by atoms with Gasteiger partial charge in [-0.1, -0.05) is 26.0 Å². The van der Waals surface area contributed by atoms with Crippen molar-refractivity contribution in [2.24, 2.45) is 0 Å². The van der Waals surface area contributed by atoms with Crippen molar-refractivity contribution in [1.29, 1.82) is 0 Å². The minimum atomic E-state index is 0.937. The highest BCUT2D eigenvalue weighted by molar-refractivity contribution is 5.72. The molecule has 1 aliphatic rings. The molecular weight excluding hydrogens is 222 g/mol. The van der Waals surface area contributed by atoms with E-state index in [-0.39, 0.29) is 0 Å². The number of hydrogen-bond acceptors (Lipinski definition) is 3. The van der Waals surface area contributed by atoms with Crippen LogP contribution in [-0.4, -0.2) is 37.6 Å². The summed E-state index contributed by atoms with van der Waals surface area (Å²) in [6.45, 7) is 10.1. The Balaban J connectivity index is 2.08. The predicted molar refractivity (Wildman–Crippen MR) is 79.2 cm³/mol. The SMILES string of the molecule is CCN(CC)CCN1CCCc2cccc(N)c21. The van der Waals surface area contributed by atoms with Gasteiger partial charge in [-0.15, -0.1) is 0 Å². The van der Waals surface area contributed by atoms with Gasteiger partial charge in [-0.3, -0.25) is 0 Å². The first-order valence-corrected chi connectivity index (χ1v) is 7.11. The third kappa shape index (κ3) is 2.78. The molecule has 2 rings (SSSR count). The van der Waals surface area contributed by atoms with E-state index in [4.69, 9.17) is 5.73 Å². The lowest BCUT2D eigenvalue weighted by molar-refractivity contribution is 0.309.